The predicted molar refractivity (Wildman–Crippen MR) is 79.5 cm³/mol. The Labute approximate surface area is 118 Å². The summed E-state index contributed by atoms with van der Waals surface area (Å²) in [6.45, 7) is 5.30. The first-order chi connectivity index (χ1) is 9.20. The molecule has 3 rings (SSSR count). The molecular formula is C16H17ClN2. The van der Waals surface area contributed by atoms with Crippen molar-refractivity contribution in [3.8, 4) is 0 Å². The van der Waals surface area contributed by atoms with E-state index in [4.69, 9.17) is 16.6 Å². The zero-order valence-corrected chi connectivity index (χ0v) is 12.0. The van der Waals surface area contributed by atoms with E-state index in [2.05, 4.69) is 36.6 Å². The maximum absolute atomic E-state index is 5.97. The lowest BCUT2D eigenvalue weighted by Gasteiger charge is -2.19. The van der Waals surface area contributed by atoms with Crippen molar-refractivity contribution in [1.82, 2.24) is 9.55 Å². The van der Waals surface area contributed by atoms with Gasteiger partial charge in [0.15, 0.2) is 0 Å². The molecule has 0 spiro atoms. The van der Waals surface area contributed by atoms with Crippen LogP contribution in [0.4, 0.5) is 0 Å². The Morgan fingerprint density at radius 2 is 2.00 bits per heavy atom. The van der Waals surface area contributed by atoms with E-state index >= 15 is 0 Å². The van der Waals surface area contributed by atoms with E-state index in [-0.39, 0.29) is 0 Å². The molecule has 0 N–H and O–H groups in total. The van der Waals surface area contributed by atoms with Gasteiger partial charge in [0.2, 0.25) is 0 Å². The summed E-state index contributed by atoms with van der Waals surface area (Å²) in [6.07, 6.45) is 4.36. The third kappa shape index (κ3) is 2.10. The molecule has 2 nitrogen and oxygen atoms in total. The summed E-state index contributed by atoms with van der Waals surface area (Å²) in [5.74, 6) is 1.19. The van der Waals surface area contributed by atoms with E-state index in [1.165, 1.54) is 22.7 Å². The first-order valence-corrected chi connectivity index (χ1v) is 7.11. The van der Waals surface area contributed by atoms with E-state index in [0.717, 1.165) is 30.1 Å². The van der Waals surface area contributed by atoms with Crippen molar-refractivity contribution in [2.24, 2.45) is 0 Å². The fourth-order valence-corrected chi connectivity index (χ4v) is 2.93. The summed E-state index contributed by atoms with van der Waals surface area (Å²) in [4.78, 5) is 4.70. The molecule has 3 heteroatoms. The predicted octanol–water partition coefficient (Wildman–Crippen LogP) is 4.24. The summed E-state index contributed by atoms with van der Waals surface area (Å²) in [5.41, 5.74) is 4.90. The van der Waals surface area contributed by atoms with Crippen LogP contribution in [0.5, 0.6) is 0 Å². The van der Waals surface area contributed by atoms with Crippen molar-refractivity contribution >= 4 is 17.2 Å². The topological polar surface area (TPSA) is 17.8 Å². The van der Waals surface area contributed by atoms with Crippen LogP contribution in [0.1, 0.15) is 36.1 Å². The highest BCUT2D eigenvalue weighted by atomic mass is 35.5. The monoisotopic (exact) mass is 272 g/mol. The Balaban J connectivity index is 2.13. The minimum absolute atomic E-state index is 0.777. The highest BCUT2D eigenvalue weighted by Gasteiger charge is 2.20. The van der Waals surface area contributed by atoms with E-state index in [0.29, 0.717) is 0 Å². The molecule has 0 fully saturated rings. The zero-order chi connectivity index (χ0) is 13.4. The molecule has 0 saturated heterocycles. The molecule has 0 amide bonds. The second-order valence-electron chi connectivity index (χ2n) is 4.88. The Morgan fingerprint density at radius 1 is 1.26 bits per heavy atom. The molecule has 0 aliphatic carbocycles. The van der Waals surface area contributed by atoms with Gasteiger partial charge in [0.1, 0.15) is 5.82 Å². The van der Waals surface area contributed by atoms with Crippen LogP contribution in [0.2, 0.25) is 5.02 Å². The Bertz CT molecular complexity index is 636. The third-order valence-corrected chi connectivity index (χ3v) is 3.90. The van der Waals surface area contributed by atoms with Gasteiger partial charge in [0.25, 0.3) is 0 Å². The quantitative estimate of drug-likeness (QED) is 0.799. The second-order valence-corrected chi connectivity index (χ2v) is 5.32. The maximum Gasteiger partial charge on any atom is 0.109 e. The molecule has 0 radical (unpaired) electrons. The van der Waals surface area contributed by atoms with Crippen LogP contribution < -0.4 is 0 Å². The summed E-state index contributed by atoms with van der Waals surface area (Å²) in [6, 6.07) is 8.07. The molecule has 1 aliphatic rings. The highest BCUT2D eigenvalue weighted by molar-refractivity contribution is 6.30. The fourth-order valence-electron chi connectivity index (χ4n) is 2.80. The van der Waals surface area contributed by atoms with Crippen LogP contribution in [0.25, 0.3) is 5.57 Å². The van der Waals surface area contributed by atoms with Gasteiger partial charge in [-0.2, -0.15) is 0 Å². The molecule has 19 heavy (non-hydrogen) atoms. The third-order valence-electron chi connectivity index (χ3n) is 3.65. The molecule has 2 aromatic rings. The number of hydrogen-bond acceptors (Lipinski definition) is 1. The van der Waals surface area contributed by atoms with E-state index < -0.39 is 0 Å². The summed E-state index contributed by atoms with van der Waals surface area (Å²) in [5, 5.41) is 0.777. The summed E-state index contributed by atoms with van der Waals surface area (Å²) in [7, 11) is 0. The maximum atomic E-state index is 5.97. The minimum Gasteiger partial charge on any atom is -0.327 e. The number of imidazole rings is 1. The normalized spacial score (nSPS) is 14.2. The van der Waals surface area contributed by atoms with Crippen molar-refractivity contribution in [1.29, 1.82) is 0 Å². The number of fused-ring (bicyclic) bond motifs is 1. The highest BCUT2D eigenvalue weighted by Crippen LogP contribution is 2.31. The van der Waals surface area contributed by atoms with Gasteiger partial charge in [-0.25, -0.2) is 4.98 Å². The number of allylic oxidation sites excluding steroid dienone is 1. The largest absolute Gasteiger partial charge is 0.327 e. The van der Waals surface area contributed by atoms with Crippen LogP contribution in [-0.4, -0.2) is 9.55 Å². The molecule has 1 aromatic carbocycles. The van der Waals surface area contributed by atoms with Crippen molar-refractivity contribution in [3.05, 3.63) is 58.1 Å². The van der Waals surface area contributed by atoms with Crippen molar-refractivity contribution in [2.75, 3.05) is 0 Å². The van der Waals surface area contributed by atoms with Crippen molar-refractivity contribution < 1.29 is 0 Å². The van der Waals surface area contributed by atoms with Gasteiger partial charge in [-0.15, -0.1) is 0 Å². The SMILES string of the molecule is CCc1nc(C)c2n1CCC=C2c1ccc(Cl)cc1. The number of aryl methyl sites for hydroxylation is 2. The Kier molecular flexibility index (Phi) is 3.19. The second kappa shape index (κ2) is 4.86. The van der Waals surface area contributed by atoms with Crippen molar-refractivity contribution in [3.63, 3.8) is 0 Å². The van der Waals surface area contributed by atoms with Crippen LogP contribution in [0.15, 0.2) is 30.3 Å². The minimum atomic E-state index is 0.777. The molecule has 1 aliphatic heterocycles. The number of rotatable bonds is 2. The van der Waals surface area contributed by atoms with Gasteiger partial charge in [-0.3, -0.25) is 0 Å². The smallest absolute Gasteiger partial charge is 0.109 e. The number of hydrogen-bond donors (Lipinski definition) is 0. The molecule has 98 valence electrons. The van der Waals surface area contributed by atoms with Gasteiger partial charge in [0, 0.05) is 23.6 Å². The van der Waals surface area contributed by atoms with Gasteiger partial charge in [0.05, 0.1) is 11.4 Å². The average molecular weight is 273 g/mol. The van der Waals surface area contributed by atoms with Crippen molar-refractivity contribution in [2.45, 2.75) is 33.2 Å². The van der Waals surface area contributed by atoms with Gasteiger partial charge < -0.3 is 4.57 Å². The lowest BCUT2D eigenvalue weighted by atomic mass is 9.98. The summed E-state index contributed by atoms with van der Waals surface area (Å²) < 4.78 is 2.36. The summed E-state index contributed by atoms with van der Waals surface area (Å²) >= 11 is 5.97. The van der Waals surface area contributed by atoms with Crippen LogP contribution in [0, 0.1) is 6.92 Å². The van der Waals surface area contributed by atoms with Crippen LogP contribution in [0.3, 0.4) is 0 Å². The molecule has 1 aromatic heterocycles. The van der Waals surface area contributed by atoms with E-state index in [9.17, 15) is 0 Å². The molecular weight excluding hydrogens is 256 g/mol. The first kappa shape index (κ1) is 12.5. The Hall–Kier alpha value is -1.54. The molecule has 0 saturated carbocycles. The lowest BCUT2D eigenvalue weighted by molar-refractivity contribution is 0.648. The van der Waals surface area contributed by atoms with Gasteiger partial charge >= 0.3 is 0 Å². The fraction of sp³-hybridized carbons (Fsp3) is 0.312. The number of benzene rings is 1. The molecule has 0 unspecified atom stereocenters. The number of nitrogens with zero attached hydrogens (tertiary/aromatic N) is 2. The van der Waals surface area contributed by atoms with Gasteiger partial charge in [-0.05, 0) is 31.0 Å². The van der Waals surface area contributed by atoms with Crippen LogP contribution >= 0.6 is 11.6 Å². The van der Waals surface area contributed by atoms with Crippen LogP contribution in [-0.2, 0) is 13.0 Å². The first-order valence-electron chi connectivity index (χ1n) is 6.73. The number of aromatic nitrogens is 2. The van der Waals surface area contributed by atoms with E-state index in [1.807, 2.05) is 12.1 Å². The molecule has 2 heterocycles. The molecule has 0 bridgehead atoms. The lowest BCUT2D eigenvalue weighted by Crippen LogP contribution is -2.11. The zero-order valence-electron chi connectivity index (χ0n) is 11.3. The number of halogens is 1. The Morgan fingerprint density at radius 3 is 2.68 bits per heavy atom. The average Bonchev–Trinajstić information content (AvgIpc) is 2.77. The standard InChI is InChI=1S/C16H17ClN2/c1-3-15-18-11(2)16-14(5-4-10-19(15)16)12-6-8-13(17)9-7-12/h5-9H,3-4,10H2,1-2H3. The molecule has 0 atom stereocenters. The van der Waals surface area contributed by atoms with E-state index in [1.54, 1.807) is 0 Å². The van der Waals surface area contributed by atoms with Gasteiger partial charge in [-0.1, -0.05) is 36.7 Å².